The third-order valence-electron chi connectivity index (χ3n) is 4.62. The number of carbonyl (C=O) groups is 1. The van der Waals surface area contributed by atoms with E-state index in [0.29, 0.717) is 18.7 Å². The molecule has 0 saturated carbocycles. The Morgan fingerprint density at radius 3 is 2.61 bits per heavy atom. The zero-order valence-corrected chi connectivity index (χ0v) is 16.0. The van der Waals surface area contributed by atoms with Gasteiger partial charge in [0.05, 0.1) is 0 Å². The summed E-state index contributed by atoms with van der Waals surface area (Å²) in [6.07, 6.45) is 1.99. The van der Waals surface area contributed by atoms with Crippen LogP contribution in [0.2, 0.25) is 0 Å². The summed E-state index contributed by atoms with van der Waals surface area (Å²) < 4.78 is 2.08. The number of benzene rings is 3. The van der Waals surface area contributed by atoms with Crippen molar-refractivity contribution in [1.29, 1.82) is 5.41 Å². The molecule has 0 aliphatic carbocycles. The van der Waals surface area contributed by atoms with Gasteiger partial charge in [-0.2, -0.15) is 0 Å². The van der Waals surface area contributed by atoms with E-state index in [2.05, 4.69) is 9.88 Å². The van der Waals surface area contributed by atoms with Crippen LogP contribution in [0.4, 0.5) is 0 Å². The highest BCUT2D eigenvalue weighted by molar-refractivity contribution is 8.13. The van der Waals surface area contributed by atoms with Crippen LogP contribution in [0.15, 0.2) is 77.8 Å². The van der Waals surface area contributed by atoms with Crippen molar-refractivity contribution >= 4 is 44.5 Å². The van der Waals surface area contributed by atoms with Crippen LogP contribution in [0.5, 0.6) is 0 Å². The summed E-state index contributed by atoms with van der Waals surface area (Å²) in [7, 11) is 0. The molecule has 0 radical (unpaired) electrons. The quantitative estimate of drug-likeness (QED) is 0.272. The lowest BCUT2D eigenvalue weighted by molar-refractivity contribution is 0.0952. The standard InChI is InChI=1S/C22H20N4OS/c23-22(24)28-20-14-26(19-8-4-3-7-18(19)20)12-11-25-21(27)17-10-9-15-5-1-2-6-16(15)13-17/h1-10,13-14H,11-12H2,(H3,23,24)(H,25,27). The number of hydrogen-bond acceptors (Lipinski definition) is 3. The zero-order valence-electron chi connectivity index (χ0n) is 15.2. The molecule has 0 saturated heterocycles. The van der Waals surface area contributed by atoms with Crippen molar-refractivity contribution in [2.75, 3.05) is 6.54 Å². The van der Waals surface area contributed by atoms with Crippen LogP contribution >= 0.6 is 11.8 Å². The van der Waals surface area contributed by atoms with Crippen molar-refractivity contribution in [3.63, 3.8) is 0 Å². The van der Waals surface area contributed by atoms with E-state index in [1.54, 1.807) is 0 Å². The largest absolute Gasteiger partial charge is 0.378 e. The first kappa shape index (κ1) is 18.1. The van der Waals surface area contributed by atoms with E-state index >= 15 is 0 Å². The molecule has 4 rings (SSSR count). The van der Waals surface area contributed by atoms with Crippen molar-refractivity contribution in [1.82, 2.24) is 9.88 Å². The number of thioether (sulfide) groups is 1. The van der Waals surface area contributed by atoms with Crippen molar-refractivity contribution in [3.8, 4) is 0 Å². The smallest absolute Gasteiger partial charge is 0.251 e. The fourth-order valence-corrected chi connectivity index (χ4v) is 4.02. The van der Waals surface area contributed by atoms with Crippen LogP contribution in [0.3, 0.4) is 0 Å². The molecule has 0 fully saturated rings. The molecule has 4 N–H and O–H groups in total. The van der Waals surface area contributed by atoms with Gasteiger partial charge in [-0.25, -0.2) is 0 Å². The van der Waals surface area contributed by atoms with Gasteiger partial charge in [0.25, 0.3) is 5.91 Å². The average Bonchev–Trinajstić information content (AvgIpc) is 3.04. The predicted molar refractivity (Wildman–Crippen MR) is 116 cm³/mol. The molecule has 1 aromatic heterocycles. The predicted octanol–water partition coefficient (Wildman–Crippen LogP) is 4.21. The number of carbonyl (C=O) groups excluding carboxylic acids is 1. The summed E-state index contributed by atoms with van der Waals surface area (Å²) in [5.74, 6) is -0.0828. The second-order valence-electron chi connectivity index (χ2n) is 6.49. The number of fused-ring (bicyclic) bond motifs is 2. The highest BCUT2D eigenvalue weighted by Gasteiger charge is 2.11. The second kappa shape index (κ2) is 7.78. The van der Waals surface area contributed by atoms with Crippen LogP contribution in [-0.4, -0.2) is 22.2 Å². The van der Waals surface area contributed by atoms with Crippen LogP contribution in [-0.2, 0) is 6.54 Å². The van der Waals surface area contributed by atoms with E-state index < -0.39 is 0 Å². The number of nitrogens with two attached hydrogens (primary N) is 1. The van der Waals surface area contributed by atoms with Crippen LogP contribution in [0.1, 0.15) is 10.4 Å². The maximum absolute atomic E-state index is 12.5. The zero-order chi connectivity index (χ0) is 19.5. The van der Waals surface area contributed by atoms with Gasteiger partial charge in [-0.1, -0.05) is 60.3 Å². The summed E-state index contributed by atoms with van der Waals surface area (Å²) in [5, 5.41) is 13.8. The van der Waals surface area contributed by atoms with E-state index in [-0.39, 0.29) is 11.1 Å². The van der Waals surface area contributed by atoms with Gasteiger partial charge in [0.1, 0.15) is 0 Å². The molecule has 0 unspecified atom stereocenters. The van der Waals surface area contributed by atoms with Crippen molar-refractivity contribution < 1.29 is 4.79 Å². The first-order valence-corrected chi connectivity index (χ1v) is 9.80. The fourth-order valence-electron chi connectivity index (χ4n) is 3.32. The highest BCUT2D eigenvalue weighted by atomic mass is 32.2. The first-order chi connectivity index (χ1) is 13.6. The normalized spacial score (nSPS) is 11.0. The van der Waals surface area contributed by atoms with E-state index in [1.807, 2.05) is 72.9 Å². The molecular formula is C22H20N4OS. The highest BCUT2D eigenvalue weighted by Crippen LogP contribution is 2.29. The van der Waals surface area contributed by atoms with Crippen molar-refractivity contribution in [2.45, 2.75) is 11.4 Å². The number of amidine groups is 1. The third kappa shape index (κ3) is 3.73. The van der Waals surface area contributed by atoms with Gasteiger partial charge in [0.2, 0.25) is 0 Å². The Labute approximate surface area is 167 Å². The van der Waals surface area contributed by atoms with Gasteiger partial charge in [-0.05, 0) is 29.0 Å². The summed E-state index contributed by atoms with van der Waals surface area (Å²) in [6, 6.07) is 21.7. The number of hydrogen-bond donors (Lipinski definition) is 3. The molecule has 28 heavy (non-hydrogen) atoms. The van der Waals surface area contributed by atoms with E-state index in [4.69, 9.17) is 11.1 Å². The second-order valence-corrected chi connectivity index (χ2v) is 7.57. The van der Waals surface area contributed by atoms with E-state index in [0.717, 1.165) is 26.6 Å². The number of amides is 1. The number of rotatable bonds is 5. The fraction of sp³-hybridized carbons (Fsp3) is 0.0909. The van der Waals surface area contributed by atoms with Crippen LogP contribution in [0, 0.1) is 5.41 Å². The minimum Gasteiger partial charge on any atom is -0.378 e. The summed E-state index contributed by atoms with van der Waals surface area (Å²) in [5.41, 5.74) is 7.27. The molecule has 0 spiro atoms. The van der Waals surface area contributed by atoms with Crippen molar-refractivity contribution in [2.24, 2.45) is 5.73 Å². The lowest BCUT2D eigenvalue weighted by Crippen LogP contribution is -2.27. The van der Waals surface area contributed by atoms with Gasteiger partial charge in [0.15, 0.2) is 5.17 Å². The Balaban J connectivity index is 1.47. The minimum atomic E-state index is -0.0828. The van der Waals surface area contributed by atoms with Gasteiger partial charge in [0, 0.05) is 40.6 Å². The molecule has 0 aliphatic rings. The van der Waals surface area contributed by atoms with Crippen molar-refractivity contribution in [3.05, 3.63) is 78.5 Å². The number of aromatic nitrogens is 1. The first-order valence-electron chi connectivity index (χ1n) is 8.98. The van der Waals surface area contributed by atoms with Crippen LogP contribution in [0.25, 0.3) is 21.7 Å². The van der Waals surface area contributed by atoms with Gasteiger partial charge in [-0.3, -0.25) is 10.2 Å². The summed E-state index contributed by atoms with van der Waals surface area (Å²) in [6.45, 7) is 1.15. The lowest BCUT2D eigenvalue weighted by atomic mass is 10.1. The Morgan fingerprint density at radius 2 is 1.79 bits per heavy atom. The third-order valence-corrected chi connectivity index (χ3v) is 5.39. The molecule has 1 amide bonds. The molecule has 6 heteroatoms. The average molecular weight is 388 g/mol. The Morgan fingerprint density at radius 1 is 1.04 bits per heavy atom. The molecule has 3 aromatic carbocycles. The molecule has 0 atom stereocenters. The topological polar surface area (TPSA) is 83.9 Å². The molecule has 0 bridgehead atoms. The van der Waals surface area contributed by atoms with Gasteiger partial charge in [-0.15, -0.1) is 0 Å². The number of para-hydroxylation sites is 1. The van der Waals surface area contributed by atoms with Crippen LogP contribution < -0.4 is 11.1 Å². The van der Waals surface area contributed by atoms with E-state index in [9.17, 15) is 4.79 Å². The van der Waals surface area contributed by atoms with Gasteiger partial charge < -0.3 is 15.6 Å². The molecule has 1 heterocycles. The van der Waals surface area contributed by atoms with E-state index in [1.165, 1.54) is 11.8 Å². The Bertz CT molecular complexity index is 1180. The molecule has 5 nitrogen and oxygen atoms in total. The molecular weight excluding hydrogens is 368 g/mol. The summed E-state index contributed by atoms with van der Waals surface area (Å²) >= 11 is 1.24. The Hall–Kier alpha value is -3.25. The molecule has 4 aromatic rings. The molecule has 0 aliphatic heterocycles. The maximum Gasteiger partial charge on any atom is 0.251 e. The maximum atomic E-state index is 12.5. The van der Waals surface area contributed by atoms with Gasteiger partial charge >= 0.3 is 0 Å². The lowest BCUT2D eigenvalue weighted by Gasteiger charge is -2.08. The summed E-state index contributed by atoms with van der Waals surface area (Å²) in [4.78, 5) is 13.5. The number of nitrogens with one attached hydrogen (secondary N) is 2. The molecule has 140 valence electrons. The monoisotopic (exact) mass is 388 g/mol. The Kier molecular flexibility index (Phi) is 5.04. The number of nitrogens with zero attached hydrogens (tertiary/aromatic N) is 1. The minimum absolute atomic E-state index is 0.0625. The SMILES string of the molecule is N=C(N)Sc1cn(CCNC(=O)c2ccc3ccccc3c2)c2ccccc12.